The number of ether oxygens (including phenoxy) is 1. The molecule has 1 nitrogen and oxygen atoms in total. The van der Waals surface area contributed by atoms with Crippen LogP contribution in [0.15, 0.2) is 18.2 Å². The van der Waals surface area contributed by atoms with Crippen molar-refractivity contribution < 1.29 is 13.5 Å². The predicted molar refractivity (Wildman–Crippen MR) is 64.7 cm³/mol. The van der Waals surface area contributed by atoms with Crippen LogP contribution in [-0.4, -0.2) is 11.9 Å². The Balaban J connectivity index is 2.79. The normalized spacial score (nSPS) is 10.8. The van der Waals surface area contributed by atoms with Crippen molar-refractivity contribution in [2.24, 2.45) is 0 Å². The van der Waals surface area contributed by atoms with Crippen LogP contribution in [0.1, 0.15) is 17.5 Å². The smallest absolute Gasteiger partial charge is 0.387 e. The summed E-state index contributed by atoms with van der Waals surface area (Å²) >= 11 is 9.11. The summed E-state index contributed by atoms with van der Waals surface area (Å²) < 4.78 is 28.3. The van der Waals surface area contributed by atoms with E-state index in [0.29, 0.717) is 5.88 Å². The van der Waals surface area contributed by atoms with Crippen LogP contribution in [0.4, 0.5) is 8.78 Å². The van der Waals surface area contributed by atoms with E-state index >= 15 is 0 Å². The van der Waals surface area contributed by atoms with Gasteiger partial charge in [-0.1, -0.05) is 22.0 Å². The highest BCUT2D eigenvalue weighted by Crippen LogP contribution is 2.22. The van der Waals surface area contributed by atoms with Crippen molar-refractivity contribution in [3.8, 4) is 5.75 Å². The van der Waals surface area contributed by atoms with Crippen LogP contribution in [0.25, 0.3) is 0 Å². The number of aryl methyl sites for hydroxylation is 1. The fourth-order valence-corrected chi connectivity index (χ4v) is 1.93. The average molecular weight is 314 g/mol. The van der Waals surface area contributed by atoms with Gasteiger partial charge in [-0.05, 0) is 36.1 Å². The maximum Gasteiger partial charge on any atom is 0.387 e. The molecule has 0 spiro atoms. The van der Waals surface area contributed by atoms with Crippen LogP contribution < -0.4 is 4.74 Å². The summed E-state index contributed by atoms with van der Waals surface area (Å²) in [6, 6.07) is 4.91. The first-order chi connectivity index (χ1) is 7.67. The van der Waals surface area contributed by atoms with Gasteiger partial charge in [-0.15, -0.1) is 11.6 Å². The first-order valence-corrected chi connectivity index (χ1v) is 6.51. The summed E-state index contributed by atoms with van der Waals surface area (Å²) in [6.07, 6.45) is 1.86. The number of rotatable bonds is 6. The summed E-state index contributed by atoms with van der Waals surface area (Å²) in [6.45, 7) is -2.79. The molecule has 0 saturated heterocycles. The highest BCUT2D eigenvalue weighted by atomic mass is 79.9. The van der Waals surface area contributed by atoms with Gasteiger partial charge in [0.2, 0.25) is 0 Å². The molecule has 0 bridgehead atoms. The number of alkyl halides is 4. The molecular weight excluding hydrogens is 301 g/mol. The maximum atomic E-state index is 12.0. The molecule has 1 aromatic rings. The van der Waals surface area contributed by atoms with Crippen molar-refractivity contribution in [2.45, 2.75) is 25.3 Å². The van der Waals surface area contributed by atoms with Crippen molar-refractivity contribution in [3.05, 3.63) is 29.3 Å². The van der Waals surface area contributed by atoms with Crippen LogP contribution in [-0.2, 0) is 12.3 Å². The van der Waals surface area contributed by atoms with Gasteiger partial charge in [0.15, 0.2) is 0 Å². The van der Waals surface area contributed by atoms with Gasteiger partial charge in [-0.3, -0.25) is 0 Å². The predicted octanol–water partition coefficient (Wildman–Crippen LogP) is 4.35. The van der Waals surface area contributed by atoms with E-state index < -0.39 is 6.61 Å². The molecular formula is C11H12BrClF2O. The van der Waals surface area contributed by atoms with Crippen LogP contribution in [0.5, 0.6) is 5.75 Å². The summed E-state index contributed by atoms with van der Waals surface area (Å²) in [7, 11) is 0. The number of halogens is 4. The average Bonchev–Trinajstić information content (AvgIpc) is 2.26. The monoisotopic (exact) mass is 312 g/mol. The third-order valence-corrected chi connectivity index (χ3v) is 2.98. The topological polar surface area (TPSA) is 9.23 Å². The van der Waals surface area contributed by atoms with E-state index in [2.05, 4.69) is 20.7 Å². The van der Waals surface area contributed by atoms with E-state index in [-0.39, 0.29) is 5.75 Å². The van der Waals surface area contributed by atoms with Gasteiger partial charge in [-0.25, -0.2) is 0 Å². The lowest BCUT2D eigenvalue weighted by Crippen LogP contribution is -2.03. The molecule has 0 amide bonds. The molecule has 0 atom stereocenters. The zero-order valence-electron chi connectivity index (χ0n) is 8.56. The second kappa shape index (κ2) is 7.07. The van der Waals surface area contributed by atoms with Gasteiger partial charge in [-0.2, -0.15) is 8.78 Å². The molecule has 0 aliphatic heterocycles. The largest absolute Gasteiger partial charge is 0.435 e. The van der Waals surface area contributed by atoms with Gasteiger partial charge in [0.05, 0.1) is 0 Å². The molecule has 0 saturated carbocycles. The molecule has 0 radical (unpaired) electrons. The minimum absolute atomic E-state index is 0.160. The van der Waals surface area contributed by atoms with Gasteiger partial charge in [0, 0.05) is 11.2 Å². The lowest BCUT2D eigenvalue weighted by Gasteiger charge is -2.10. The molecule has 0 aliphatic carbocycles. The molecule has 0 fully saturated rings. The SMILES string of the molecule is FC(F)Oc1ccc(CCCBr)c(CCl)c1. The molecule has 0 aliphatic rings. The van der Waals surface area contributed by atoms with Crippen LogP contribution in [0.2, 0.25) is 0 Å². The van der Waals surface area contributed by atoms with Crippen molar-refractivity contribution in [2.75, 3.05) is 5.33 Å². The van der Waals surface area contributed by atoms with E-state index in [0.717, 1.165) is 29.3 Å². The number of benzene rings is 1. The standard InChI is InChI=1S/C11H12BrClF2O/c12-5-1-2-8-3-4-10(16-11(14)15)6-9(8)7-13/h3-4,6,11H,1-2,5,7H2. The van der Waals surface area contributed by atoms with Crippen molar-refractivity contribution in [1.82, 2.24) is 0 Å². The molecule has 0 N–H and O–H groups in total. The van der Waals surface area contributed by atoms with E-state index in [1.54, 1.807) is 18.2 Å². The van der Waals surface area contributed by atoms with Crippen LogP contribution in [0.3, 0.4) is 0 Å². The summed E-state index contributed by atoms with van der Waals surface area (Å²) in [5, 5.41) is 0.907. The molecule has 0 unspecified atom stereocenters. The molecule has 1 rings (SSSR count). The molecule has 90 valence electrons. The second-order valence-corrected chi connectivity index (χ2v) is 4.30. The third kappa shape index (κ3) is 4.26. The Morgan fingerprint density at radius 3 is 2.62 bits per heavy atom. The first-order valence-electron chi connectivity index (χ1n) is 4.86. The van der Waals surface area contributed by atoms with Crippen molar-refractivity contribution in [1.29, 1.82) is 0 Å². The lowest BCUT2D eigenvalue weighted by molar-refractivity contribution is -0.0498. The Kier molecular flexibility index (Phi) is 6.06. The Morgan fingerprint density at radius 1 is 1.31 bits per heavy atom. The zero-order chi connectivity index (χ0) is 12.0. The Bertz CT molecular complexity index is 334. The highest BCUT2D eigenvalue weighted by Gasteiger charge is 2.07. The number of hydrogen-bond acceptors (Lipinski definition) is 1. The third-order valence-electron chi connectivity index (χ3n) is 2.13. The fourth-order valence-electron chi connectivity index (χ4n) is 1.40. The van der Waals surface area contributed by atoms with Gasteiger partial charge >= 0.3 is 6.61 Å². The Hall–Kier alpha value is -0.350. The van der Waals surface area contributed by atoms with Gasteiger partial charge in [0.25, 0.3) is 0 Å². The van der Waals surface area contributed by atoms with Crippen molar-refractivity contribution >= 4 is 27.5 Å². The number of hydrogen-bond donors (Lipinski definition) is 0. The second-order valence-electron chi connectivity index (χ2n) is 3.24. The maximum absolute atomic E-state index is 12.0. The molecule has 5 heteroatoms. The highest BCUT2D eigenvalue weighted by molar-refractivity contribution is 9.09. The first kappa shape index (κ1) is 13.7. The van der Waals surface area contributed by atoms with Crippen LogP contribution >= 0.6 is 27.5 Å². The van der Waals surface area contributed by atoms with E-state index in [4.69, 9.17) is 11.6 Å². The molecule has 0 aromatic heterocycles. The zero-order valence-corrected chi connectivity index (χ0v) is 10.9. The van der Waals surface area contributed by atoms with E-state index in [1.807, 2.05) is 0 Å². The summed E-state index contributed by atoms with van der Waals surface area (Å²) in [4.78, 5) is 0. The van der Waals surface area contributed by atoms with Gasteiger partial charge in [0.1, 0.15) is 5.75 Å². The molecule has 1 aromatic carbocycles. The minimum atomic E-state index is -2.79. The fraction of sp³-hybridized carbons (Fsp3) is 0.455. The summed E-state index contributed by atoms with van der Waals surface area (Å²) in [5.41, 5.74) is 1.93. The molecule has 16 heavy (non-hydrogen) atoms. The minimum Gasteiger partial charge on any atom is -0.435 e. The quantitative estimate of drug-likeness (QED) is 0.709. The van der Waals surface area contributed by atoms with Crippen LogP contribution in [0, 0.1) is 0 Å². The Labute approximate surface area is 107 Å². The Morgan fingerprint density at radius 2 is 2.06 bits per heavy atom. The van der Waals surface area contributed by atoms with Gasteiger partial charge < -0.3 is 4.74 Å². The molecule has 0 heterocycles. The van der Waals surface area contributed by atoms with E-state index in [9.17, 15) is 8.78 Å². The summed E-state index contributed by atoms with van der Waals surface area (Å²) in [5.74, 6) is 0.464. The van der Waals surface area contributed by atoms with E-state index in [1.165, 1.54) is 0 Å². The lowest BCUT2D eigenvalue weighted by atomic mass is 10.0. The van der Waals surface area contributed by atoms with Crippen molar-refractivity contribution in [3.63, 3.8) is 0 Å².